The molecule has 0 N–H and O–H groups in total. The van der Waals surface area contributed by atoms with Gasteiger partial charge in [0, 0.05) is 16.7 Å². The zero-order chi connectivity index (χ0) is 20.2. The quantitative estimate of drug-likeness (QED) is 0.604. The van der Waals surface area contributed by atoms with Crippen LogP contribution in [0, 0.1) is 0 Å². The first-order valence-electron chi connectivity index (χ1n) is 9.24. The first-order valence-corrected chi connectivity index (χ1v) is 9.24. The zero-order valence-corrected chi connectivity index (χ0v) is 15.4. The number of benzene rings is 3. The van der Waals surface area contributed by atoms with E-state index in [-0.39, 0.29) is 0 Å². The van der Waals surface area contributed by atoms with Gasteiger partial charge in [0.1, 0.15) is 0 Å². The minimum absolute atomic E-state index is 0.385. The second kappa shape index (κ2) is 8.31. The third kappa shape index (κ3) is 3.92. The van der Waals surface area contributed by atoms with Crippen LogP contribution in [0.3, 0.4) is 0 Å². The number of hydrogen-bond donors (Lipinski definition) is 0. The van der Waals surface area contributed by atoms with E-state index in [1.807, 2.05) is 0 Å². The number of ether oxygens (including phenoxy) is 2. The summed E-state index contributed by atoms with van der Waals surface area (Å²) in [5.74, 6) is -1.23. The third-order valence-electron chi connectivity index (χ3n) is 4.72. The Kier molecular flexibility index (Phi) is 5.42. The monoisotopic (exact) mass is 386 g/mol. The summed E-state index contributed by atoms with van der Waals surface area (Å²) < 4.78 is 11.4. The summed E-state index contributed by atoms with van der Waals surface area (Å²) in [6, 6.07) is 25.5. The maximum Gasteiger partial charge on any atom is 0.224 e. The molecule has 2 atom stereocenters. The summed E-state index contributed by atoms with van der Waals surface area (Å²) >= 11 is 0. The van der Waals surface area contributed by atoms with Gasteiger partial charge in [-0.3, -0.25) is 14.4 Å². The molecule has 1 aliphatic rings. The van der Waals surface area contributed by atoms with Crippen LogP contribution >= 0.6 is 0 Å². The molecule has 0 bridgehead atoms. The maximum atomic E-state index is 13.0. The van der Waals surface area contributed by atoms with Gasteiger partial charge >= 0.3 is 0 Å². The van der Waals surface area contributed by atoms with Crippen molar-refractivity contribution in [3.8, 4) is 0 Å². The molecule has 0 radical (unpaired) electrons. The minimum Gasteiger partial charge on any atom is -0.331 e. The molecule has 1 fully saturated rings. The van der Waals surface area contributed by atoms with Gasteiger partial charge in [-0.25, -0.2) is 0 Å². The fraction of sp³-hybridized carbons (Fsp3) is 0.125. The molecule has 29 heavy (non-hydrogen) atoms. The summed E-state index contributed by atoms with van der Waals surface area (Å²) in [6.45, 7) is 0. The molecular weight excluding hydrogens is 368 g/mol. The molecule has 3 aromatic carbocycles. The normalized spacial score (nSPS) is 19.0. The topological polar surface area (TPSA) is 69.7 Å². The molecule has 0 unspecified atom stereocenters. The van der Waals surface area contributed by atoms with Crippen LogP contribution in [0.4, 0.5) is 0 Å². The number of carbonyl (C=O) groups excluding carboxylic acids is 3. The Morgan fingerprint density at radius 2 is 0.793 bits per heavy atom. The number of carbonyl (C=O) groups is 3. The number of ketones is 3. The molecule has 0 aliphatic carbocycles. The Bertz CT molecular complexity index is 955. The van der Waals surface area contributed by atoms with Crippen LogP contribution < -0.4 is 0 Å². The fourth-order valence-electron chi connectivity index (χ4n) is 3.24. The van der Waals surface area contributed by atoms with E-state index in [1.54, 1.807) is 91.0 Å². The van der Waals surface area contributed by atoms with Crippen molar-refractivity contribution in [2.24, 2.45) is 0 Å². The standard InChI is InChI=1S/C24H18O5/c25-19(16-10-4-1-5-11-16)22-23(20(26)17-12-6-2-7-13-17)29-24(28-22)21(27)18-14-8-3-9-15-18/h1-15,22-24H/t22-,23-/m0/s1. The van der Waals surface area contributed by atoms with E-state index in [2.05, 4.69) is 0 Å². The number of hydrogen-bond acceptors (Lipinski definition) is 5. The van der Waals surface area contributed by atoms with Gasteiger partial charge < -0.3 is 9.47 Å². The van der Waals surface area contributed by atoms with Gasteiger partial charge in [0.05, 0.1) is 0 Å². The van der Waals surface area contributed by atoms with E-state index in [4.69, 9.17) is 9.47 Å². The number of rotatable bonds is 6. The van der Waals surface area contributed by atoms with Crippen LogP contribution in [-0.2, 0) is 9.47 Å². The molecule has 4 rings (SSSR count). The van der Waals surface area contributed by atoms with E-state index in [0.717, 1.165) is 0 Å². The first kappa shape index (κ1) is 18.9. The summed E-state index contributed by atoms with van der Waals surface area (Å²) in [4.78, 5) is 38.8. The van der Waals surface area contributed by atoms with E-state index >= 15 is 0 Å². The van der Waals surface area contributed by atoms with E-state index in [9.17, 15) is 14.4 Å². The van der Waals surface area contributed by atoms with Crippen LogP contribution in [0.1, 0.15) is 31.1 Å². The molecule has 0 amide bonds. The Labute approximate surface area is 167 Å². The Morgan fingerprint density at radius 1 is 0.483 bits per heavy atom. The first-order chi connectivity index (χ1) is 14.1. The maximum absolute atomic E-state index is 13.0. The van der Waals surface area contributed by atoms with Crippen LogP contribution in [0.5, 0.6) is 0 Å². The van der Waals surface area contributed by atoms with Crippen molar-refractivity contribution >= 4 is 17.3 Å². The van der Waals surface area contributed by atoms with Crippen molar-refractivity contribution in [2.75, 3.05) is 0 Å². The molecular formula is C24H18O5. The van der Waals surface area contributed by atoms with Gasteiger partial charge in [0.15, 0.2) is 23.8 Å². The second-order valence-electron chi connectivity index (χ2n) is 6.64. The SMILES string of the molecule is O=C(c1ccccc1)C1O[C@@H](C(=O)c2ccccc2)[C@H](C(=O)c2ccccc2)O1. The van der Waals surface area contributed by atoms with Crippen molar-refractivity contribution in [3.05, 3.63) is 108 Å². The number of Topliss-reactive ketones (excluding diaryl/α,β-unsaturated/α-hetero) is 3. The minimum atomic E-state index is -1.33. The lowest BCUT2D eigenvalue weighted by Crippen LogP contribution is -2.37. The summed E-state index contributed by atoms with van der Waals surface area (Å²) in [5.41, 5.74) is 1.16. The van der Waals surface area contributed by atoms with E-state index in [0.29, 0.717) is 16.7 Å². The molecule has 0 saturated carbocycles. The molecule has 5 nitrogen and oxygen atoms in total. The smallest absolute Gasteiger partial charge is 0.224 e. The molecule has 1 saturated heterocycles. The summed E-state index contributed by atoms with van der Waals surface area (Å²) in [5, 5.41) is 0. The summed E-state index contributed by atoms with van der Waals surface area (Å²) in [6.07, 6.45) is -3.74. The second-order valence-corrected chi connectivity index (χ2v) is 6.64. The van der Waals surface area contributed by atoms with Crippen molar-refractivity contribution in [1.29, 1.82) is 0 Å². The van der Waals surface area contributed by atoms with Gasteiger partial charge in [-0.05, 0) is 0 Å². The average molecular weight is 386 g/mol. The van der Waals surface area contributed by atoms with Crippen LogP contribution in [-0.4, -0.2) is 35.8 Å². The van der Waals surface area contributed by atoms with Gasteiger partial charge in [0.25, 0.3) is 0 Å². The lowest BCUT2D eigenvalue weighted by atomic mass is 9.96. The Balaban J connectivity index is 1.65. The predicted octanol–water partition coefficient (Wildman–Crippen LogP) is 3.75. The molecule has 3 aromatic rings. The lowest BCUT2D eigenvalue weighted by molar-refractivity contribution is -0.0372. The average Bonchev–Trinajstić information content (AvgIpc) is 3.24. The van der Waals surface area contributed by atoms with E-state index < -0.39 is 35.8 Å². The third-order valence-corrected chi connectivity index (χ3v) is 4.72. The van der Waals surface area contributed by atoms with Crippen molar-refractivity contribution in [3.63, 3.8) is 0 Å². The highest BCUT2D eigenvalue weighted by Crippen LogP contribution is 2.27. The highest BCUT2D eigenvalue weighted by Gasteiger charge is 2.47. The van der Waals surface area contributed by atoms with Gasteiger partial charge in [0.2, 0.25) is 12.1 Å². The molecule has 1 aliphatic heterocycles. The van der Waals surface area contributed by atoms with Gasteiger partial charge in [-0.2, -0.15) is 0 Å². The highest BCUT2D eigenvalue weighted by molar-refractivity contribution is 6.09. The molecule has 5 heteroatoms. The predicted molar refractivity (Wildman–Crippen MR) is 106 cm³/mol. The molecule has 0 spiro atoms. The van der Waals surface area contributed by atoms with Crippen molar-refractivity contribution in [2.45, 2.75) is 18.5 Å². The van der Waals surface area contributed by atoms with Crippen LogP contribution in [0.2, 0.25) is 0 Å². The Morgan fingerprint density at radius 3 is 1.14 bits per heavy atom. The van der Waals surface area contributed by atoms with Crippen molar-refractivity contribution in [1.82, 2.24) is 0 Å². The van der Waals surface area contributed by atoms with Crippen LogP contribution in [0.15, 0.2) is 91.0 Å². The zero-order valence-electron chi connectivity index (χ0n) is 15.4. The van der Waals surface area contributed by atoms with Crippen LogP contribution in [0.25, 0.3) is 0 Å². The van der Waals surface area contributed by atoms with Gasteiger partial charge in [-0.15, -0.1) is 0 Å². The largest absolute Gasteiger partial charge is 0.331 e. The molecule has 1 heterocycles. The highest BCUT2D eigenvalue weighted by atomic mass is 16.7. The lowest BCUT2D eigenvalue weighted by Gasteiger charge is -2.14. The molecule has 144 valence electrons. The fourth-order valence-corrected chi connectivity index (χ4v) is 3.24. The van der Waals surface area contributed by atoms with Gasteiger partial charge in [-0.1, -0.05) is 91.0 Å². The Hall–Kier alpha value is -3.41. The molecule has 0 aromatic heterocycles. The van der Waals surface area contributed by atoms with E-state index in [1.165, 1.54) is 0 Å². The summed E-state index contributed by atoms with van der Waals surface area (Å²) in [7, 11) is 0. The van der Waals surface area contributed by atoms with Crippen molar-refractivity contribution < 1.29 is 23.9 Å².